The number of hydrogen-bond donors (Lipinski definition) is 1. The molecule has 3 aliphatic rings. The molecular formula is C27H22N2O5S. The standard InChI is InChI=1S/C27H22N2O5S/c30-27(31)25-26-20(13-15-34-26)12-14-29(25)35(32,33)24-10-6-19(7-11-24)18-4-8-23(9-5-18)28-16-21-2-1-3-22(21)17-28/h1-11,13,15-16,25H,12,14,17H2,(H,30,31). The van der Waals surface area contributed by atoms with Crippen molar-refractivity contribution in [3.8, 4) is 11.1 Å². The molecule has 3 heterocycles. The Morgan fingerprint density at radius 2 is 1.71 bits per heavy atom. The zero-order chi connectivity index (χ0) is 24.2. The third-order valence-corrected chi connectivity index (χ3v) is 8.60. The summed E-state index contributed by atoms with van der Waals surface area (Å²) in [5, 5.41) is 9.74. The van der Waals surface area contributed by atoms with Crippen molar-refractivity contribution in [2.75, 3.05) is 18.0 Å². The van der Waals surface area contributed by atoms with Crippen molar-refractivity contribution in [3.05, 3.63) is 108 Å². The fourth-order valence-electron chi connectivity index (χ4n) is 4.88. The summed E-state index contributed by atoms with van der Waals surface area (Å²) in [7, 11) is -4.03. The van der Waals surface area contributed by atoms with E-state index in [1.165, 1.54) is 29.5 Å². The summed E-state index contributed by atoms with van der Waals surface area (Å²) >= 11 is 0. The summed E-state index contributed by atoms with van der Waals surface area (Å²) in [6, 6.07) is 15.0. The fourth-order valence-corrected chi connectivity index (χ4v) is 6.43. The average molecular weight is 487 g/mol. The van der Waals surface area contributed by atoms with Crippen molar-refractivity contribution in [1.29, 1.82) is 0 Å². The molecule has 0 spiro atoms. The van der Waals surface area contributed by atoms with Gasteiger partial charge >= 0.3 is 5.97 Å². The minimum Gasteiger partial charge on any atom is -0.480 e. The van der Waals surface area contributed by atoms with Gasteiger partial charge in [0.05, 0.1) is 11.2 Å². The number of sulfonamides is 1. The minimum atomic E-state index is -4.03. The number of carbonyl (C=O) groups is 1. The third-order valence-electron chi connectivity index (χ3n) is 6.73. The molecule has 0 fully saturated rings. The van der Waals surface area contributed by atoms with E-state index in [1.807, 2.05) is 12.1 Å². The van der Waals surface area contributed by atoms with Crippen LogP contribution in [0.2, 0.25) is 0 Å². The topological polar surface area (TPSA) is 91.1 Å². The Bertz CT molecular complexity index is 1510. The summed E-state index contributed by atoms with van der Waals surface area (Å²) in [4.78, 5) is 14.2. The van der Waals surface area contributed by atoms with Crippen LogP contribution in [0.25, 0.3) is 11.1 Å². The molecule has 1 N–H and O–H groups in total. The molecule has 1 aliphatic carbocycles. The molecule has 1 unspecified atom stereocenters. The maximum Gasteiger partial charge on any atom is 0.329 e. The summed E-state index contributed by atoms with van der Waals surface area (Å²) in [5.74, 6) is -1.08. The van der Waals surface area contributed by atoms with Gasteiger partial charge in [-0.1, -0.05) is 42.5 Å². The van der Waals surface area contributed by atoms with Crippen LogP contribution in [0.15, 0.2) is 106 Å². The van der Waals surface area contributed by atoms with Crippen LogP contribution in [0, 0.1) is 0 Å². The average Bonchev–Trinajstić information content (AvgIpc) is 3.60. The van der Waals surface area contributed by atoms with Crippen LogP contribution in [-0.4, -0.2) is 36.9 Å². The van der Waals surface area contributed by atoms with Crippen molar-refractivity contribution in [2.24, 2.45) is 0 Å². The van der Waals surface area contributed by atoms with Crippen LogP contribution in [0.5, 0.6) is 0 Å². The molecule has 1 atom stereocenters. The highest BCUT2D eigenvalue weighted by atomic mass is 32.2. The van der Waals surface area contributed by atoms with Crippen LogP contribution in [0.4, 0.5) is 5.69 Å². The van der Waals surface area contributed by atoms with Gasteiger partial charge in [-0.15, -0.1) is 0 Å². The Morgan fingerprint density at radius 3 is 2.40 bits per heavy atom. The number of carboxylic acid groups (broad SMARTS) is 1. The van der Waals surface area contributed by atoms with E-state index in [1.54, 1.807) is 18.2 Å². The van der Waals surface area contributed by atoms with Gasteiger partial charge in [0.15, 0.2) is 6.04 Å². The fraction of sp³-hybridized carbons (Fsp3) is 0.148. The molecule has 2 aromatic carbocycles. The van der Waals surface area contributed by atoms with Gasteiger partial charge in [0.2, 0.25) is 10.0 Å². The largest absolute Gasteiger partial charge is 0.480 e. The molecule has 6 rings (SSSR count). The second kappa shape index (κ2) is 8.11. The number of anilines is 1. The first-order valence-electron chi connectivity index (χ1n) is 11.3. The first kappa shape index (κ1) is 21.6. The number of aliphatic carboxylic acids is 1. The summed E-state index contributed by atoms with van der Waals surface area (Å²) in [5.41, 5.74) is 6.21. The van der Waals surface area contributed by atoms with Crippen LogP contribution in [-0.2, 0) is 21.2 Å². The zero-order valence-electron chi connectivity index (χ0n) is 18.7. The molecule has 0 amide bonds. The van der Waals surface area contributed by atoms with Crippen LogP contribution in [0.1, 0.15) is 17.4 Å². The van der Waals surface area contributed by atoms with Gasteiger partial charge < -0.3 is 14.4 Å². The lowest BCUT2D eigenvalue weighted by Crippen LogP contribution is -2.43. The van der Waals surface area contributed by atoms with Gasteiger partial charge in [0, 0.05) is 25.0 Å². The van der Waals surface area contributed by atoms with Gasteiger partial charge in [-0.05, 0) is 64.6 Å². The van der Waals surface area contributed by atoms with Gasteiger partial charge in [0.25, 0.3) is 0 Å². The van der Waals surface area contributed by atoms with Gasteiger partial charge in [-0.3, -0.25) is 0 Å². The molecule has 3 aromatic rings. The predicted octanol–water partition coefficient (Wildman–Crippen LogP) is 4.52. The van der Waals surface area contributed by atoms with Crippen molar-refractivity contribution in [1.82, 2.24) is 4.31 Å². The molecule has 176 valence electrons. The highest BCUT2D eigenvalue weighted by Gasteiger charge is 2.42. The van der Waals surface area contributed by atoms with E-state index >= 15 is 0 Å². The van der Waals surface area contributed by atoms with Crippen molar-refractivity contribution in [2.45, 2.75) is 17.4 Å². The highest BCUT2D eigenvalue weighted by Crippen LogP contribution is 2.36. The number of allylic oxidation sites excluding steroid dienone is 3. The summed E-state index contributed by atoms with van der Waals surface area (Å²) in [6.07, 6.45) is 10.2. The smallest absolute Gasteiger partial charge is 0.329 e. The Morgan fingerprint density at radius 1 is 1.00 bits per heavy atom. The molecule has 1 aromatic heterocycles. The van der Waals surface area contributed by atoms with E-state index in [-0.39, 0.29) is 17.2 Å². The number of rotatable bonds is 5. The van der Waals surface area contributed by atoms with Crippen molar-refractivity contribution in [3.63, 3.8) is 0 Å². The predicted molar refractivity (Wildman–Crippen MR) is 131 cm³/mol. The summed E-state index contributed by atoms with van der Waals surface area (Å²) in [6.45, 7) is 0.927. The molecule has 0 bridgehead atoms. The Labute approximate surface area is 203 Å². The van der Waals surface area contributed by atoms with Gasteiger partial charge in [0.1, 0.15) is 5.76 Å². The Balaban J connectivity index is 1.23. The molecule has 0 radical (unpaired) electrons. The number of fused-ring (bicyclic) bond motifs is 2. The lowest BCUT2D eigenvalue weighted by molar-refractivity contribution is -0.142. The van der Waals surface area contributed by atoms with Crippen LogP contribution >= 0.6 is 0 Å². The second-order valence-corrected chi connectivity index (χ2v) is 10.6. The second-order valence-electron chi connectivity index (χ2n) is 8.75. The number of nitrogens with zero attached hydrogens (tertiary/aromatic N) is 2. The third kappa shape index (κ3) is 3.62. The molecule has 7 nitrogen and oxygen atoms in total. The minimum absolute atomic E-state index is 0.0516. The quantitative estimate of drug-likeness (QED) is 0.570. The molecule has 35 heavy (non-hydrogen) atoms. The number of benzene rings is 2. The number of carboxylic acids is 1. The lowest BCUT2D eigenvalue weighted by Gasteiger charge is -2.31. The normalized spacial score (nSPS) is 19.3. The monoisotopic (exact) mass is 486 g/mol. The van der Waals surface area contributed by atoms with E-state index in [0.29, 0.717) is 6.42 Å². The summed E-state index contributed by atoms with van der Waals surface area (Å²) < 4.78 is 33.1. The molecule has 0 saturated heterocycles. The first-order chi connectivity index (χ1) is 16.9. The Kier molecular flexibility index (Phi) is 5.01. The maximum absolute atomic E-state index is 13.4. The maximum atomic E-state index is 13.4. The van der Waals surface area contributed by atoms with Crippen molar-refractivity contribution < 1.29 is 22.7 Å². The molecular weight excluding hydrogens is 464 g/mol. The Hall–Kier alpha value is -3.88. The van der Waals surface area contributed by atoms with E-state index in [0.717, 1.165) is 33.2 Å². The SMILES string of the molecule is O=C(O)C1c2occc2CCN1S(=O)(=O)c1ccc(-c2ccc(N3C=C4C=CC=C4C3)cc2)cc1. The molecule has 8 heteroatoms. The number of furan rings is 1. The van der Waals surface area contributed by atoms with E-state index < -0.39 is 22.0 Å². The van der Waals surface area contributed by atoms with Gasteiger partial charge in [-0.2, -0.15) is 4.31 Å². The first-order valence-corrected chi connectivity index (χ1v) is 12.7. The highest BCUT2D eigenvalue weighted by molar-refractivity contribution is 7.89. The van der Waals surface area contributed by atoms with Crippen LogP contribution in [0.3, 0.4) is 0 Å². The van der Waals surface area contributed by atoms with E-state index in [2.05, 4.69) is 41.5 Å². The lowest BCUT2D eigenvalue weighted by atomic mass is 10.0. The van der Waals surface area contributed by atoms with Crippen molar-refractivity contribution >= 4 is 21.7 Å². The van der Waals surface area contributed by atoms with E-state index in [9.17, 15) is 18.3 Å². The van der Waals surface area contributed by atoms with E-state index in [4.69, 9.17) is 4.42 Å². The van der Waals surface area contributed by atoms with Gasteiger partial charge in [-0.25, -0.2) is 13.2 Å². The zero-order valence-corrected chi connectivity index (χ0v) is 19.5. The molecule has 2 aliphatic heterocycles. The van der Waals surface area contributed by atoms with Crippen LogP contribution < -0.4 is 4.90 Å². The number of hydrogen-bond acceptors (Lipinski definition) is 5. The molecule has 0 saturated carbocycles.